The molecule has 2 aromatic rings. The summed E-state index contributed by atoms with van der Waals surface area (Å²) < 4.78 is 10.4. The minimum atomic E-state index is -1.12. The van der Waals surface area contributed by atoms with Crippen LogP contribution in [0.1, 0.15) is 27.6 Å². The molecule has 0 unspecified atom stereocenters. The lowest BCUT2D eigenvalue weighted by molar-refractivity contribution is 0.0698. The number of benzene rings is 2. The Labute approximate surface area is 133 Å². The topological polar surface area (TPSA) is 84.9 Å². The molecule has 6 heteroatoms. The van der Waals surface area contributed by atoms with Crippen LogP contribution in [0.25, 0.3) is 0 Å². The third kappa shape index (κ3) is 3.79. The summed E-state index contributed by atoms with van der Waals surface area (Å²) in [5, 5.41) is 12.4. The van der Waals surface area contributed by atoms with Gasteiger partial charge in [0.25, 0.3) is 0 Å². The SMILES string of the molecule is COc1cc(Nc2ccc(C(C)=O)cc2C(=O)O)cc(OC)c1. The highest BCUT2D eigenvalue weighted by Crippen LogP contribution is 2.29. The van der Waals surface area contributed by atoms with Gasteiger partial charge in [0.2, 0.25) is 0 Å². The molecule has 2 N–H and O–H groups in total. The summed E-state index contributed by atoms with van der Waals surface area (Å²) in [4.78, 5) is 22.8. The maximum atomic E-state index is 11.4. The Morgan fingerprint density at radius 2 is 1.61 bits per heavy atom. The predicted octanol–water partition coefficient (Wildman–Crippen LogP) is 3.35. The number of rotatable bonds is 6. The minimum Gasteiger partial charge on any atom is -0.497 e. The molecular formula is C17H17NO5. The molecule has 0 fully saturated rings. The number of ether oxygens (including phenoxy) is 2. The zero-order chi connectivity index (χ0) is 17.0. The van der Waals surface area contributed by atoms with Crippen molar-refractivity contribution in [1.29, 1.82) is 0 Å². The van der Waals surface area contributed by atoms with Crippen molar-refractivity contribution in [3.8, 4) is 11.5 Å². The van der Waals surface area contributed by atoms with Crippen LogP contribution in [0.4, 0.5) is 11.4 Å². The summed E-state index contributed by atoms with van der Waals surface area (Å²) in [6.45, 7) is 1.39. The Morgan fingerprint density at radius 1 is 1.00 bits per heavy atom. The molecule has 0 heterocycles. The van der Waals surface area contributed by atoms with Crippen molar-refractivity contribution in [3.05, 3.63) is 47.5 Å². The highest BCUT2D eigenvalue weighted by molar-refractivity contribution is 6.01. The second-order valence-corrected chi connectivity index (χ2v) is 4.85. The lowest BCUT2D eigenvalue weighted by Crippen LogP contribution is -2.05. The van der Waals surface area contributed by atoms with Crippen LogP contribution in [-0.4, -0.2) is 31.1 Å². The van der Waals surface area contributed by atoms with Gasteiger partial charge in [-0.05, 0) is 25.1 Å². The van der Waals surface area contributed by atoms with Crippen LogP contribution < -0.4 is 14.8 Å². The molecule has 0 aliphatic heterocycles. The highest BCUT2D eigenvalue weighted by Gasteiger charge is 2.13. The fourth-order valence-corrected chi connectivity index (χ4v) is 2.08. The van der Waals surface area contributed by atoms with Crippen molar-refractivity contribution in [2.24, 2.45) is 0 Å². The molecule has 2 rings (SSSR count). The smallest absolute Gasteiger partial charge is 0.337 e. The van der Waals surface area contributed by atoms with Crippen LogP contribution in [0.2, 0.25) is 0 Å². The van der Waals surface area contributed by atoms with E-state index >= 15 is 0 Å². The monoisotopic (exact) mass is 315 g/mol. The maximum absolute atomic E-state index is 11.4. The first-order chi connectivity index (χ1) is 10.9. The number of aromatic carboxylic acids is 1. The average molecular weight is 315 g/mol. The van der Waals surface area contributed by atoms with Crippen molar-refractivity contribution < 1.29 is 24.2 Å². The summed E-state index contributed by atoms with van der Waals surface area (Å²) in [6.07, 6.45) is 0. The van der Waals surface area contributed by atoms with Gasteiger partial charge in [-0.3, -0.25) is 4.79 Å². The van der Waals surface area contributed by atoms with Crippen molar-refractivity contribution in [2.75, 3.05) is 19.5 Å². The highest BCUT2D eigenvalue weighted by atomic mass is 16.5. The number of nitrogens with one attached hydrogen (secondary N) is 1. The standard InChI is InChI=1S/C17H17NO5/c1-10(19)11-4-5-16(15(6-11)17(20)21)18-12-7-13(22-2)9-14(8-12)23-3/h4-9,18H,1-3H3,(H,20,21). The van der Waals surface area contributed by atoms with Gasteiger partial charge in [0, 0.05) is 29.4 Å². The van der Waals surface area contributed by atoms with E-state index in [-0.39, 0.29) is 11.3 Å². The van der Waals surface area contributed by atoms with E-state index in [0.717, 1.165) is 0 Å². The van der Waals surface area contributed by atoms with E-state index in [1.165, 1.54) is 27.2 Å². The van der Waals surface area contributed by atoms with E-state index in [2.05, 4.69) is 5.32 Å². The second kappa shape index (κ2) is 6.83. The number of carbonyl (C=O) groups excluding carboxylic acids is 1. The van der Waals surface area contributed by atoms with Gasteiger partial charge in [-0.25, -0.2) is 4.79 Å². The van der Waals surface area contributed by atoms with Crippen molar-refractivity contribution in [2.45, 2.75) is 6.92 Å². The second-order valence-electron chi connectivity index (χ2n) is 4.85. The molecule has 0 bridgehead atoms. The van der Waals surface area contributed by atoms with Crippen molar-refractivity contribution >= 4 is 23.1 Å². The number of hydrogen-bond acceptors (Lipinski definition) is 5. The van der Waals surface area contributed by atoms with E-state index in [9.17, 15) is 14.7 Å². The van der Waals surface area contributed by atoms with Crippen LogP contribution in [0.3, 0.4) is 0 Å². The van der Waals surface area contributed by atoms with Gasteiger partial charge in [-0.2, -0.15) is 0 Å². The van der Waals surface area contributed by atoms with Gasteiger partial charge < -0.3 is 19.9 Å². The summed E-state index contributed by atoms with van der Waals surface area (Å²) >= 11 is 0. The molecule has 0 spiro atoms. The van der Waals surface area contributed by atoms with E-state index in [0.29, 0.717) is 28.4 Å². The third-order valence-electron chi connectivity index (χ3n) is 3.29. The first-order valence-electron chi connectivity index (χ1n) is 6.83. The summed E-state index contributed by atoms with van der Waals surface area (Å²) in [5.74, 6) is -0.166. The lowest BCUT2D eigenvalue weighted by atomic mass is 10.1. The summed E-state index contributed by atoms with van der Waals surface area (Å²) in [7, 11) is 3.06. The van der Waals surface area contributed by atoms with Crippen LogP contribution in [0.15, 0.2) is 36.4 Å². The number of ketones is 1. The van der Waals surface area contributed by atoms with Gasteiger partial charge in [0.15, 0.2) is 5.78 Å². The van der Waals surface area contributed by atoms with Gasteiger partial charge in [0.05, 0.1) is 25.5 Å². The lowest BCUT2D eigenvalue weighted by Gasteiger charge is -2.13. The molecule has 120 valence electrons. The Kier molecular flexibility index (Phi) is 4.85. The summed E-state index contributed by atoms with van der Waals surface area (Å²) in [5.41, 5.74) is 1.34. The number of anilines is 2. The largest absolute Gasteiger partial charge is 0.497 e. The average Bonchev–Trinajstić information content (AvgIpc) is 2.54. The molecule has 0 aliphatic carbocycles. The van der Waals surface area contributed by atoms with Crippen LogP contribution in [0, 0.1) is 0 Å². The molecule has 0 atom stereocenters. The van der Waals surface area contributed by atoms with Crippen molar-refractivity contribution in [1.82, 2.24) is 0 Å². The van der Waals surface area contributed by atoms with Gasteiger partial charge in [-0.15, -0.1) is 0 Å². The number of carboxylic acid groups (broad SMARTS) is 1. The van der Waals surface area contributed by atoms with E-state index < -0.39 is 5.97 Å². The quantitative estimate of drug-likeness (QED) is 0.795. The maximum Gasteiger partial charge on any atom is 0.337 e. The number of methoxy groups -OCH3 is 2. The van der Waals surface area contributed by atoms with Crippen LogP contribution in [0.5, 0.6) is 11.5 Å². The fourth-order valence-electron chi connectivity index (χ4n) is 2.08. The number of carbonyl (C=O) groups is 2. The predicted molar refractivity (Wildman–Crippen MR) is 86.2 cm³/mol. The molecular weight excluding hydrogens is 298 g/mol. The number of Topliss-reactive ketones (excluding diaryl/α,β-unsaturated/α-hetero) is 1. The van der Waals surface area contributed by atoms with Gasteiger partial charge in [0.1, 0.15) is 11.5 Å². The zero-order valence-corrected chi connectivity index (χ0v) is 13.0. The van der Waals surface area contributed by atoms with Gasteiger partial charge >= 0.3 is 5.97 Å². The van der Waals surface area contributed by atoms with Crippen molar-refractivity contribution in [3.63, 3.8) is 0 Å². The normalized spacial score (nSPS) is 10.0. The first-order valence-corrected chi connectivity index (χ1v) is 6.83. The Hall–Kier alpha value is -3.02. The molecule has 0 radical (unpaired) electrons. The fraction of sp³-hybridized carbons (Fsp3) is 0.176. The minimum absolute atomic E-state index is 0.0134. The van der Waals surface area contributed by atoms with Crippen LogP contribution >= 0.6 is 0 Å². The molecule has 6 nitrogen and oxygen atoms in total. The third-order valence-corrected chi connectivity index (χ3v) is 3.29. The molecule has 0 amide bonds. The van der Waals surface area contributed by atoms with Gasteiger partial charge in [-0.1, -0.05) is 0 Å². The molecule has 0 aliphatic rings. The molecule has 0 saturated carbocycles. The summed E-state index contributed by atoms with van der Waals surface area (Å²) in [6, 6.07) is 9.63. The number of carboxylic acids is 1. The number of hydrogen-bond donors (Lipinski definition) is 2. The van der Waals surface area contributed by atoms with Crippen LogP contribution in [-0.2, 0) is 0 Å². The molecule has 0 aromatic heterocycles. The first kappa shape index (κ1) is 16.4. The Balaban J connectivity index is 2.43. The van der Waals surface area contributed by atoms with E-state index in [1.54, 1.807) is 30.3 Å². The molecule has 2 aromatic carbocycles. The molecule has 23 heavy (non-hydrogen) atoms. The van der Waals surface area contributed by atoms with E-state index in [1.807, 2.05) is 0 Å². The Morgan fingerprint density at radius 3 is 2.09 bits per heavy atom. The molecule has 0 saturated heterocycles. The Bertz CT molecular complexity index is 732. The van der Waals surface area contributed by atoms with E-state index in [4.69, 9.17) is 9.47 Å². The zero-order valence-electron chi connectivity index (χ0n) is 13.0.